The fourth-order valence-electron chi connectivity index (χ4n) is 4.29. The van der Waals surface area contributed by atoms with Gasteiger partial charge in [-0.1, -0.05) is 30.3 Å². The molecule has 0 spiro atoms. The van der Waals surface area contributed by atoms with Crippen LogP contribution in [0.5, 0.6) is 17.2 Å². The van der Waals surface area contributed by atoms with Gasteiger partial charge < -0.3 is 29.0 Å². The van der Waals surface area contributed by atoms with Crippen molar-refractivity contribution in [1.82, 2.24) is 14.5 Å². The summed E-state index contributed by atoms with van der Waals surface area (Å²) in [6.45, 7) is 2.94. The van der Waals surface area contributed by atoms with Crippen molar-refractivity contribution >= 4 is 11.7 Å². The highest BCUT2D eigenvalue weighted by molar-refractivity contribution is 5.98. The fourth-order valence-corrected chi connectivity index (χ4v) is 4.29. The number of hydrogen-bond donors (Lipinski definition) is 1. The van der Waals surface area contributed by atoms with E-state index >= 15 is 0 Å². The number of rotatable bonds is 9. The summed E-state index contributed by atoms with van der Waals surface area (Å²) in [5, 5.41) is 3.37. The lowest BCUT2D eigenvalue weighted by molar-refractivity contribution is 0.0749. The maximum absolute atomic E-state index is 13.6. The Morgan fingerprint density at radius 1 is 1.06 bits per heavy atom. The largest absolute Gasteiger partial charge is 0.493 e. The molecule has 8 heteroatoms. The maximum Gasteiger partial charge on any atom is 0.274 e. The lowest BCUT2D eigenvalue weighted by Crippen LogP contribution is -2.35. The van der Waals surface area contributed by atoms with Gasteiger partial charge in [0.15, 0.2) is 23.0 Å². The third-order valence-corrected chi connectivity index (χ3v) is 6.29. The minimum absolute atomic E-state index is 0.0349. The minimum atomic E-state index is 0.0349. The fraction of sp³-hybridized carbons (Fsp3) is 0.385. The van der Waals surface area contributed by atoms with E-state index in [-0.39, 0.29) is 12.5 Å². The summed E-state index contributed by atoms with van der Waals surface area (Å²) < 4.78 is 18.8. The molecule has 5 rings (SSSR count). The zero-order valence-corrected chi connectivity index (χ0v) is 19.6. The molecule has 3 aromatic rings. The first-order valence-electron chi connectivity index (χ1n) is 11.7. The van der Waals surface area contributed by atoms with E-state index in [1.165, 1.54) is 12.8 Å². The summed E-state index contributed by atoms with van der Waals surface area (Å²) in [7, 11) is 3.19. The van der Waals surface area contributed by atoms with Crippen molar-refractivity contribution in [3.63, 3.8) is 0 Å². The molecule has 2 heterocycles. The molecule has 1 aromatic heterocycles. The van der Waals surface area contributed by atoms with E-state index < -0.39 is 0 Å². The van der Waals surface area contributed by atoms with Gasteiger partial charge >= 0.3 is 0 Å². The third-order valence-electron chi connectivity index (χ3n) is 6.29. The highest BCUT2D eigenvalue weighted by atomic mass is 16.5. The number of methoxy groups -OCH3 is 2. The zero-order chi connectivity index (χ0) is 23.5. The van der Waals surface area contributed by atoms with Crippen LogP contribution in [0.3, 0.4) is 0 Å². The van der Waals surface area contributed by atoms with Crippen molar-refractivity contribution in [2.45, 2.75) is 26.0 Å². The highest BCUT2D eigenvalue weighted by Crippen LogP contribution is 2.33. The van der Waals surface area contributed by atoms with Crippen LogP contribution in [0.1, 0.15) is 34.7 Å². The SMILES string of the molecule is COc1ccc(OCc2nc3c(n2Cc2ccccc2)C(=O)N(CC2CC2)CCN3)cc1OC. The van der Waals surface area contributed by atoms with Gasteiger partial charge in [0.1, 0.15) is 18.2 Å². The van der Waals surface area contributed by atoms with Crippen LogP contribution >= 0.6 is 0 Å². The van der Waals surface area contributed by atoms with E-state index in [0.717, 1.165) is 12.1 Å². The Labute approximate surface area is 199 Å². The molecule has 1 saturated carbocycles. The summed E-state index contributed by atoms with van der Waals surface area (Å²) >= 11 is 0. The number of hydrogen-bond acceptors (Lipinski definition) is 6. The number of carbonyl (C=O) groups excluding carboxylic acids is 1. The number of carbonyl (C=O) groups is 1. The highest BCUT2D eigenvalue weighted by Gasteiger charge is 2.33. The van der Waals surface area contributed by atoms with Crippen molar-refractivity contribution in [3.8, 4) is 17.2 Å². The van der Waals surface area contributed by atoms with E-state index in [9.17, 15) is 4.79 Å². The summed E-state index contributed by atoms with van der Waals surface area (Å²) in [5.74, 6) is 3.85. The second-order valence-electron chi connectivity index (χ2n) is 8.72. The average Bonchev–Trinajstić information content (AvgIpc) is 3.65. The molecule has 0 atom stereocenters. The van der Waals surface area contributed by atoms with E-state index in [4.69, 9.17) is 19.2 Å². The number of ether oxygens (including phenoxy) is 3. The monoisotopic (exact) mass is 462 g/mol. The number of fused-ring (bicyclic) bond motifs is 1. The number of imidazole rings is 1. The molecule has 1 amide bonds. The van der Waals surface area contributed by atoms with Crippen molar-refractivity contribution in [1.29, 1.82) is 0 Å². The molecular weight excluding hydrogens is 432 g/mol. The first-order valence-corrected chi connectivity index (χ1v) is 11.7. The standard InChI is InChI=1S/C26H30N4O4/c1-32-21-11-10-20(14-22(21)33-2)34-17-23-28-25-24(30(23)16-18-6-4-3-5-7-18)26(31)29(13-12-27-25)15-19-8-9-19/h3-7,10-11,14,19,27H,8-9,12-13,15-17H2,1-2H3. The quantitative estimate of drug-likeness (QED) is 0.521. The zero-order valence-electron chi connectivity index (χ0n) is 19.6. The van der Waals surface area contributed by atoms with E-state index in [0.29, 0.717) is 60.1 Å². The predicted octanol–water partition coefficient (Wildman–Crippen LogP) is 3.81. The lowest BCUT2D eigenvalue weighted by Gasteiger charge is -2.21. The number of aromatic nitrogens is 2. The lowest BCUT2D eigenvalue weighted by atomic mass is 10.2. The van der Waals surface area contributed by atoms with E-state index in [2.05, 4.69) is 17.4 Å². The van der Waals surface area contributed by atoms with Gasteiger partial charge in [0.25, 0.3) is 5.91 Å². The molecule has 0 saturated heterocycles. The Morgan fingerprint density at radius 2 is 1.85 bits per heavy atom. The Kier molecular flexibility index (Phi) is 6.29. The van der Waals surface area contributed by atoms with Crippen molar-refractivity contribution in [3.05, 3.63) is 65.6 Å². The number of anilines is 1. The Hall–Kier alpha value is -3.68. The summed E-state index contributed by atoms with van der Waals surface area (Å²) in [5.41, 5.74) is 1.70. The van der Waals surface area contributed by atoms with Crippen LogP contribution in [0.25, 0.3) is 0 Å². The Morgan fingerprint density at radius 3 is 2.59 bits per heavy atom. The second-order valence-corrected chi connectivity index (χ2v) is 8.72. The van der Waals surface area contributed by atoms with Crippen LogP contribution in [0, 0.1) is 5.92 Å². The van der Waals surface area contributed by atoms with Gasteiger partial charge in [0.05, 0.1) is 14.2 Å². The van der Waals surface area contributed by atoms with Gasteiger partial charge in [-0.3, -0.25) is 4.79 Å². The van der Waals surface area contributed by atoms with Gasteiger partial charge in [0.2, 0.25) is 0 Å². The molecule has 0 unspecified atom stereocenters. The molecule has 0 radical (unpaired) electrons. The van der Waals surface area contributed by atoms with Gasteiger partial charge in [-0.05, 0) is 36.5 Å². The van der Waals surface area contributed by atoms with Gasteiger partial charge in [-0.2, -0.15) is 0 Å². The normalized spacial score (nSPS) is 15.4. The second kappa shape index (κ2) is 9.67. The molecule has 2 aliphatic rings. The van der Waals surface area contributed by atoms with Crippen molar-refractivity contribution in [2.24, 2.45) is 5.92 Å². The van der Waals surface area contributed by atoms with Crippen molar-refractivity contribution < 1.29 is 19.0 Å². The molecule has 1 aliphatic heterocycles. The summed E-state index contributed by atoms with van der Waals surface area (Å²) in [6.07, 6.45) is 2.41. The molecule has 34 heavy (non-hydrogen) atoms. The molecule has 2 aromatic carbocycles. The first-order chi connectivity index (χ1) is 16.7. The van der Waals surface area contributed by atoms with Crippen LogP contribution in [-0.4, -0.2) is 54.2 Å². The smallest absolute Gasteiger partial charge is 0.274 e. The summed E-state index contributed by atoms with van der Waals surface area (Å²) in [4.78, 5) is 20.4. The Bertz CT molecular complexity index is 1160. The van der Waals surface area contributed by atoms with Crippen molar-refractivity contribution in [2.75, 3.05) is 39.2 Å². The number of amides is 1. The van der Waals surface area contributed by atoms with Crippen LogP contribution < -0.4 is 19.5 Å². The average molecular weight is 463 g/mol. The predicted molar refractivity (Wildman–Crippen MR) is 129 cm³/mol. The number of nitrogens with zero attached hydrogens (tertiary/aromatic N) is 3. The van der Waals surface area contributed by atoms with Crippen LogP contribution in [0.4, 0.5) is 5.82 Å². The molecule has 0 bridgehead atoms. The third kappa shape index (κ3) is 4.66. The molecule has 1 N–H and O–H groups in total. The molecule has 178 valence electrons. The van der Waals surface area contributed by atoms with E-state index in [1.54, 1.807) is 26.4 Å². The molecule has 1 fully saturated rings. The minimum Gasteiger partial charge on any atom is -0.493 e. The van der Waals surface area contributed by atoms with E-state index in [1.807, 2.05) is 33.7 Å². The molecule has 8 nitrogen and oxygen atoms in total. The molecule has 1 aliphatic carbocycles. The number of nitrogens with one attached hydrogen (secondary N) is 1. The molecular formula is C26H30N4O4. The van der Waals surface area contributed by atoms with Gasteiger partial charge in [-0.15, -0.1) is 0 Å². The number of benzene rings is 2. The topological polar surface area (TPSA) is 77.9 Å². The van der Waals surface area contributed by atoms with Crippen LogP contribution in [0.2, 0.25) is 0 Å². The first kappa shape index (κ1) is 22.1. The summed E-state index contributed by atoms with van der Waals surface area (Å²) in [6, 6.07) is 15.5. The Balaban J connectivity index is 1.45. The van der Waals surface area contributed by atoms with Crippen LogP contribution in [-0.2, 0) is 13.2 Å². The maximum atomic E-state index is 13.6. The van der Waals surface area contributed by atoms with Crippen LogP contribution in [0.15, 0.2) is 48.5 Å². The van der Waals surface area contributed by atoms with Gasteiger partial charge in [-0.25, -0.2) is 4.98 Å². The van der Waals surface area contributed by atoms with Gasteiger partial charge in [0, 0.05) is 32.2 Å².